The molecule has 1 aliphatic heterocycles. The molecule has 1 fully saturated rings. The number of amides is 1. The van der Waals surface area contributed by atoms with Gasteiger partial charge in [-0.05, 0) is 30.2 Å². The van der Waals surface area contributed by atoms with E-state index in [4.69, 9.17) is 44.3 Å². The van der Waals surface area contributed by atoms with Crippen LogP contribution in [0, 0.1) is 6.92 Å². The molecule has 1 aliphatic rings. The molecule has 1 heterocycles. The molecule has 0 radical (unpaired) electrons. The lowest BCUT2D eigenvalue weighted by atomic mass is 10.2. The van der Waals surface area contributed by atoms with Crippen LogP contribution in [0.5, 0.6) is 0 Å². The molecule has 2 rings (SSSR count). The lowest BCUT2D eigenvalue weighted by Gasteiger charge is -2.25. The van der Waals surface area contributed by atoms with Crippen molar-refractivity contribution in [3.8, 4) is 0 Å². The standard InChI is InChI=1S/C13H16ClNO3.C2H2Cl2O/c1-10-4-2-3-5-11(10)15(12(16)8-14)9-13-17-6-7-18-13;3-1-2(4)5/h2-5,13H,6-9H2,1H3;1H2. The summed E-state index contributed by atoms with van der Waals surface area (Å²) in [5, 5.41) is -0.508. The van der Waals surface area contributed by atoms with Gasteiger partial charge in [0.2, 0.25) is 11.1 Å². The molecule has 1 saturated heterocycles. The van der Waals surface area contributed by atoms with Crippen LogP contribution in [-0.4, -0.2) is 49.0 Å². The van der Waals surface area contributed by atoms with Gasteiger partial charge in [0.15, 0.2) is 6.29 Å². The Balaban J connectivity index is 0.000000463. The molecule has 0 atom stereocenters. The van der Waals surface area contributed by atoms with E-state index in [2.05, 4.69) is 0 Å². The molecule has 23 heavy (non-hydrogen) atoms. The first-order chi connectivity index (χ1) is 11.0. The van der Waals surface area contributed by atoms with E-state index < -0.39 is 5.24 Å². The van der Waals surface area contributed by atoms with Crippen molar-refractivity contribution in [2.45, 2.75) is 13.2 Å². The Morgan fingerprint density at radius 2 is 1.74 bits per heavy atom. The summed E-state index contributed by atoms with van der Waals surface area (Å²) in [6, 6.07) is 7.69. The fraction of sp³-hybridized carbons (Fsp3) is 0.467. The summed E-state index contributed by atoms with van der Waals surface area (Å²) in [7, 11) is 0. The van der Waals surface area contributed by atoms with E-state index in [1.807, 2.05) is 31.2 Å². The smallest absolute Gasteiger partial charge is 0.242 e. The van der Waals surface area contributed by atoms with Crippen LogP contribution in [0.4, 0.5) is 5.69 Å². The number of hydrogen-bond acceptors (Lipinski definition) is 4. The molecule has 1 aromatic carbocycles. The Morgan fingerprint density at radius 1 is 1.17 bits per heavy atom. The summed E-state index contributed by atoms with van der Waals surface area (Å²) in [6.07, 6.45) is -0.364. The number of aryl methyl sites for hydroxylation is 1. The van der Waals surface area contributed by atoms with Crippen molar-refractivity contribution in [3.63, 3.8) is 0 Å². The number of benzene rings is 1. The van der Waals surface area contributed by atoms with Gasteiger partial charge in [0.25, 0.3) is 0 Å². The molecule has 1 aromatic rings. The first-order valence-corrected chi connectivity index (χ1v) is 8.33. The van der Waals surface area contributed by atoms with E-state index in [9.17, 15) is 9.59 Å². The van der Waals surface area contributed by atoms with Crippen molar-refractivity contribution < 1.29 is 19.1 Å². The quantitative estimate of drug-likeness (QED) is 0.580. The Morgan fingerprint density at radius 3 is 2.22 bits per heavy atom. The number of ether oxygens (including phenoxy) is 2. The number of alkyl halides is 2. The average molecular weight is 383 g/mol. The third-order valence-corrected chi connectivity index (χ3v) is 3.69. The second-order valence-corrected chi connectivity index (χ2v) is 5.54. The molecule has 5 nitrogen and oxygen atoms in total. The summed E-state index contributed by atoms with van der Waals surface area (Å²) >= 11 is 15.2. The zero-order valence-electron chi connectivity index (χ0n) is 12.6. The normalized spacial score (nSPS) is 14.1. The molecular weight excluding hydrogens is 365 g/mol. The van der Waals surface area contributed by atoms with E-state index in [1.54, 1.807) is 4.90 Å². The first-order valence-electron chi connectivity index (χ1n) is 6.89. The van der Waals surface area contributed by atoms with Crippen LogP contribution in [0.3, 0.4) is 0 Å². The fourth-order valence-electron chi connectivity index (χ4n) is 1.93. The molecule has 8 heteroatoms. The average Bonchev–Trinajstić information content (AvgIpc) is 3.06. The maximum Gasteiger partial charge on any atom is 0.242 e. The number of para-hydroxylation sites is 1. The Hall–Kier alpha value is -0.850. The van der Waals surface area contributed by atoms with E-state index in [1.165, 1.54) is 0 Å². The number of carbonyl (C=O) groups is 2. The first kappa shape index (κ1) is 20.2. The van der Waals surface area contributed by atoms with Crippen LogP contribution in [0.1, 0.15) is 5.56 Å². The minimum Gasteiger partial charge on any atom is -0.348 e. The third-order valence-electron chi connectivity index (χ3n) is 2.95. The van der Waals surface area contributed by atoms with Crippen molar-refractivity contribution in [2.24, 2.45) is 0 Å². The zero-order chi connectivity index (χ0) is 17.2. The number of halogens is 3. The maximum atomic E-state index is 11.9. The van der Waals surface area contributed by atoms with Crippen molar-refractivity contribution in [1.29, 1.82) is 0 Å². The van der Waals surface area contributed by atoms with Gasteiger partial charge < -0.3 is 14.4 Å². The van der Waals surface area contributed by atoms with Gasteiger partial charge in [0, 0.05) is 5.69 Å². The van der Waals surface area contributed by atoms with Gasteiger partial charge in [-0.1, -0.05) is 18.2 Å². The van der Waals surface area contributed by atoms with E-state index in [0.29, 0.717) is 19.8 Å². The van der Waals surface area contributed by atoms with Crippen LogP contribution in [-0.2, 0) is 19.1 Å². The Kier molecular flexibility index (Phi) is 9.52. The second-order valence-electron chi connectivity index (χ2n) is 4.58. The van der Waals surface area contributed by atoms with Gasteiger partial charge in [-0.25, -0.2) is 0 Å². The molecule has 128 valence electrons. The highest BCUT2D eigenvalue weighted by atomic mass is 35.5. The fourth-order valence-corrected chi connectivity index (χ4v) is 2.08. The lowest BCUT2D eigenvalue weighted by Crippen LogP contribution is -2.39. The maximum absolute atomic E-state index is 11.9. The van der Waals surface area contributed by atoms with Crippen molar-refractivity contribution in [2.75, 3.05) is 36.4 Å². The molecule has 1 amide bonds. The number of hydrogen-bond donors (Lipinski definition) is 0. The summed E-state index contributed by atoms with van der Waals surface area (Å²) in [6.45, 7) is 3.47. The molecule has 0 aromatic heterocycles. The van der Waals surface area contributed by atoms with Gasteiger partial charge in [-0.15, -0.1) is 23.2 Å². The summed E-state index contributed by atoms with van der Waals surface area (Å²) in [5.41, 5.74) is 1.87. The largest absolute Gasteiger partial charge is 0.348 e. The Labute approximate surface area is 150 Å². The highest BCUT2D eigenvalue weighted by molar-refractivity contribution is 6.67. The van der Waals surface area contributed by atoms with Crippen LogP contribution in [0.25, 0.3) is 0 Å². The van der Waals surface area contributed by atoms with Gasteiger partial charge in [0.05, 0.1) is 25.6 Å². The van der Waals surface area contributed by atoms with E-state index in [-0.39, 0.29) is 24.0 Å². The van der Waals surface area contributed by atoms with Crippen molar-refractivity contribution in [1.82, 2.24) is 0 Å². The van der Waals surface area contributed by atoms with Crippen molar-refractivity contribution >= 4 is 51.6 Å². The predicted molar refractivity (Wildman–Crippen MR) is 91.5 cm³/mol. The minimum absolute atomic E-state index is 0.0545. The molecular formula is C15H18Cl3NO4. The lowest BCUT2D eigenvalue weighted by molar-refractivity contribution is -0.117. The molecule has 0 bridgehead atoms. The van der Waals surface area contributed by atoms with E-state index in [0.717, 1.165) is 11.3 Å². The zero-order valence-corrected chi connectivity index (χ0v) is 14.9. The highest BCUT2D eigenvalue weighted by Gasteiger charge is 2.24. The van der Waals surface area contributed by atoms with Gasteiger partial charge in [0.1, 0.15) is 5.88 Å². The summed E-state index contributed by atoms with van der Waals surface area (Å²) < 4.78 is 10.8. The number of carbonyl (C=O) groups excluding carboxylic acids is 2. The summed E-state index contributed by atoms with van der Waals surface area (Å²) in [4.78, 5) is 23.0. The van der Waals surface area contributed by atoms with E-state index >= 15 is 0 Å². The van der Waals surface area contributed by atoms with Crippen LogP contribution < -0.4 is 4.90 Å². The van der Waals surface area contributed by atoms with Crippen LogP contribution in [0.15, 0.2) is 24.3 Å². The van der Waals surface area contributed by atoms with Gasteiger partial charge in [-0.3, -0.25) is 9.59 Å². The van der Waals surface area contributed by atoms with Crippen molar-refractivity contribution in [3.05, 3.63) is 29.8 Å². The molecule has 0 N–H and O–H groups in total. The van der Waals surface area contributed by atoms with Gasteiger partial charge >= 0.3 is 0 Å². The molecule has 0 aliphatic carbocycles. The summed E-state index contributed by atoms with van der Waals surface area (Å²) in [5.74, 6) is -0.298. The Bertz CT molecular complexity index is 521. The topological polar surface area (TPSA) is 55.8 Å². The molecule has 0 spiro atoms. The third kappa shape index (κ3) is 7.06. The number of anilines is 1. The number of nitrogens with zero attached hydrogens (tertiary/aromatic N) is 1. The molecule has 0 saturated carbocycles. The highest BCUT2D eigenvalue weighted by Crippen LogP contribution is 2.21. The number of rotatable bonds is 5. The predicted octanol–water partition coefficient (Wildman–Crippen LogP) is 2.93. The van der Waals surface area contributed by atoms with Gasteiger partial charge in [-0.2, -0.15) is 0 Å². The molecule has 0 unspecified atom stereocenters. The minimum atomic E-state index is -0.508. The SMILES string of the molecule is Cc1ccccc1N(CC1OCCO1)C(=O)CCl.O=C(Cl)CCl. The second kappa shape index (κ2) is 10.8. The van der Waals surface area contributed by atoms with Crippen LogP contribution in [0.2, 0.25) is 0 Å². The van der Waals surface area contributed by atoms with Crippen LogP contribution >= 0.6 is 34.8 Å². The monoisotopic (exact) mass is 381 g/mol.